The minimum Gasteiger partial charge on any atom is -0.256 e. The van der Waals surface area contributed by atoms with E-state index >= 15 is 0 Å². The summed E-state index contributed by atoms with van der Waals surface area (Å²) in [6.45, 7) is 0. The minimum absolute atomic E-state index is 0.677. The number of hydrogen-bond donors (Lipinski definition) is 0. The second-order valence-electron chi connectivity index (χ2n) is 13.1. The van der Waals surface area contributed by atoms with E-state index in [2.05, 4.69) is 143 Å². The van der Waals surface area contributed by atoms with Crippen LogP contribution in [0.15, 0.2) is 182 Å². The molecule has 3 aromatic heterocycles. The highest BCUT2D eigenvalue weighted by molar-refractivity contribution is 6.13. The lowest BCUT2D eigenvalue weighted by Crippen LogP contribution is -1.97. The lowest BCUT2D eigenvalue weighted by Gasteiger charge is -2.14. The second-order valence-corrected chi connectivity index (χ2v) is 13.1. The number of rotatable bonds is 5. The summed E-state index contributed by atoms with van der Waals surface area (Å²) in [6.07, 6.45) is 3.88. The van der Waals surface area contributed by atoms with Crippen LogP contribution < -0.4 is 0 Å². The molecule has 242 valence electrons. The van der Waals surface area contributed by atoms with Crippen LogP contribution in [0.4, 0.5) is 0 Å². The predicted octanol–water partition coefficient (Wildman–Crippen LogP) is 12.2. The molecule has 52 heavy (non-hydrogen) atoms. The molecule has 0 aliphatic rings. The first kappa shape index (κ1) is 29.8. The molecule has 0 spiro atoms. The summed E-state index contributed by atoms with van der Waals surface area (Å²) in [6, 6.07) is 59.4. The third-order valence-electron chi connectivity index (χ3n) is 9.94. The van der Waals surface area contributed by atoms with Crippen molar-refractivity contribution in [3.8, 4) is 56.2 Å². The molecule has 0 fully saturated rings. The van der Waals surface area contributed by atoms with Crippen molar-refractivity contribution >= 4 is 43.4 Å². The van der Waals surface area contributed by atoms with Crippen LogP contribution in [0.25, 0.3) is 99.5 Å². The lowest BCUT2D eigenvalue weighted by atomic mass is 9.94. The van der Waals surface area contributed by atoms with E-state index in [-0.39, 0.29) is 0 Å². The van der Waals surface area contributed by atoms with Gasteiger partial charge in [-0.3, -0.25) is 9.97 Å². The van der Waals surface area contributed by atoms with Gasteiger partial charge in [0.1, 0.15) is 0 Å². The first-order valence-corrected chi connectivity index (χ1v) is 17.4. The van der Waals surface area contributed by atoms with Gasteiger partial charge in [-0.25, -0.2) is 9.97 Å². The molecule has 7 aromatic carbocycles. The van der Waals surface area contributed by atoms with Crippen LogP contribution in [0.2, 0.25) is 0 Å². The SMILES string of the molecule is c1ccc2ncc(-c3ccc(-c4cc(-c5cc6ccccc6c6ccccc56)nc(-c5ccc(-c6cnc7ccccc7c6)cc5)n4)cc3)cc2c1. The van der Waals surface area contributed by atoms with E-state index in [4.69, 9.17) is 9.97 Å². The molecule has 0 saturated heterocycles. The number of para-hydroxylation sites is 2. The maximum Gasteiger partial charge on any atom is 0.160 e. The highest BCUT2D eigenvalue weighted by Crippen LogP contribution is 2.37. The number of hydrogen-bond acceptors (Lipinski definition) is 4. The van der Waals surface area contributed by atoms with Crippen LogP contribution in [0, 0.1) is 0 Å². The number of benzene rings is 7. The summed E-state index contributed by atoms with van der Waals surface area (Å²) < 4.78 is 0. The summed E-state index contributed by atoms with van der Waals surface area (Å²) in [5.41, 5.74) is 11.1. The summed E-state index contributed by atoms with van der Waals surface area (Å²) in [7, 11) is 0. The normalized spacial score (nSPS) is 11.5. The van der Waals surface area contributed by atoms with E-state index in [0.29, 0.717) is 5.82 Å². The zero-order chi connectivity index (χ0) is 34.4. The van der Waals surface area contributed by atoms with Gasteiger partial charge in [-0.2, -0.15) is 0 Å². The molecule has 4 heteroatoms. The van der Waals surface area contributed by atoms with E-state index in [1.54, 1.807) is 0 Å². The van der Waals surface area contributed by atoms with Crippen LogP contribution >= 0.6 is 0 Å². The Bertz CT molecular complexity index is 2810. The Labute approximate surface area is 300 Å². The number of nitrogens with zero attached hydrogens (tertiary/aromatic N) is 4. The zero-order valence-corrected chi connectivity index (χ0v) is 28.1. The summed E-state index contributed by atoms with van der Waals surface area (Å²) >= 11 is 0. The van der Waals surface area contributed by atoms with Gasteiger partial charge in [-0.15, -0.1) is 0 Å². The monoisotopic (exact) mass is 662 g/mol. The van der Waals surface area contributed by atoms with Crippen molar-refractivity contribution in [1.82, 2.24) is 19.9 Å². The molecular weight excluding hydrogens is 633 g/mol. The Kier molecular flexibility index (Phi) is 7.10. The van der Waals surface area contributed by atoms with E-state index in [0.717, 1.165) is 77.5 Å². The van der Waals surface area contributed by atoms with Crippen molar-refractivity contribution in [2.75, 3.05) is 0 Å². The number of fused-ring (bicyclic) bond motifs is 5. The van der Waals surface area contributed by atoms with Gasteiger partial charge in [0.05, 0.1) is 22.4 Å². The fourth-order valence-corrected chi connectivity index (χ4v) is 7.23. The molecule has 4 nitrogen and oxygen atoms in total. The second kappa shape index (κ2) is 12.4. The highest BCUT2D eigenvalue weighted by atomic mass is 14.9. The third kappa shape index (κ3) is 5.34. The molecule has 10 aromatic rings. The largest absolute Gasteiger partial charge is 0.256 e. The fourth-order valence-electron chi connectivity index (χ4n) is 7.23. The van der Waals surface area contributed by atoms with Crippen molar-refractivity contribution in [2.24, 2.45) is 0 Å². The predicted molar refractivity (Wildman–Crippen MR) is 215 cm³/mol. The molecular formula is C48H30N4. The highest BCUT2D eigenvalue weighted by Gasteiger charge is 2.15. The molecule has 0 radical (unpaired) electrons. The van der Waals surface area contributed by atoms with Gasteiger partial charge in [-0.05, 0) is 69.1 Å². The minimum atomic E-state index is 0.677. The first-order valence-electron chi connectivity index (χ1n) is 17.4. The first-order chi connectivity index (χ1) is 25.7. The smallest absolute Gasteiger partial charge is 0.160 e. The Morgan fingerprint density at radius 3 is 1.42 bits per heavy atom. The van der Waals surface area contributed by atoms with Gasteiger partial charge in [0.2, 0.25) is 0 Å². The lowest BCUT2D eigenvalue weighted by molar-refractivity contribution is 1.19. The van der Waals surface area contributed by atoms with Crippen molar-refractivity contribution in [1.29, 1.82) is 0 Å². The molecule has 10 rings (SSSR count). The zero-order valence-electron chi connectivity index (χ0n) is 28.1. The Morgan fingerprint density at radius 1 is 0.308 bits per heavy atom. The van der Waals surface area contributed by atoms with Crippen molar-refractivity contribution in [3.05, 3.63) is 182 Å². The summed E-state index contributed by atoms with van der Waals surface area (Å²) in [5, 5.41) is 7.03. The molecule has 0 unspecified atom stereocenters. The summed E-state index contributed by atoms with van der Waals surface area (Å²) in [4.78, 5) is 19.8. The van der Waals surface area contributed by atoms with Crippen LogP contribution in [-0.2, 0) is 0 Å². The van der Waals surface area contributed by atoms with E-state index < -0.39 is 0 Å². The average Bonchev–Trinajstić information content (AvgIpc) is 3.23. The molecule has 0 N–H and O–H groups in total. The van der Waals surface area contributed by atoms with Gasteiger partial charge in [0.25, 0.3) is 0 Å². The quantitative estimate of drug-likeness (QED) is 0.172. The summed E-state index contributed by atoms with van der Waals surface area (Å²) in [5.74, 6) is 0.677. The Hall–Kier alpha value is -7.04. The molecule has 0 amide bonds. The van der Waals surface area contributed by atoms with Crippen LogP contribution in [0.5, 0.6) is 0 Å². The van der Waals surface area contributed by atoms with E-state index in [1.165, 1.54) is 16.2 Å². The topological polar surface area (TPSA) is 51.6 Å². The van der Waals surface area contributed by atoms with Gasteiger partial charge in [-0.1, -0.05) is 133 Å². The van der Waals surface area contributed by atoms with Crippen LogP contribution in [-0.4, -0.2) is 19.9 Å². The molecule has 0 atom stereocenters. The molecule has 0 aliphatic heterocycles. The maximum atomic E-state index is 5.26. The Balaban J connectivity index is 1.10. The average molecular weight is 663 g/mol. The van der Waals surface area contributed by atoms with Gasteiger partial charge in [0, 0.05) is 51.0 Å². The van der Waals surface area contributed by atoms with Crippen LogP contribution in [0.3, 0.4) is 0 Å². The molecule has 3 heterocycles. The van der Waals surface area contributed by atoms with E-state index in [1.807, 2.05) is 48.8 Å². The van der Waals surface area contributed by atoms with Gasteiger partial charge in [0.15, 0.2) is 5.82 Å². The molecule has 0 aliphatic carbocycles. The Morgan fingerprint density at radius 2 is 0.788 bits per heavy atom. The molecule has 0 saturated carbocycles. The van der Waals surface area contributed by atoms with Crippen molar-refractivity contribution in [2.45, 2.75) is 0 Å². The van der Waals surface area contributed by atoms with Gasteiger partial charge < -0.3 is 0 Å². The van der Waals surface area contributed by atoms with Crippen LogP contribution in [0.1, 0.15) is 0 Å². The van der Waals surface area contributed by atoms with Crippen molar-refractivity contribution < 1.29 is 0 Å². The standard InChI is InChI=1S/C48H30N4/c1-4-12-40-35(9-1)27-43(42-14-6-5-13-41(40)42)47-28-46(33-21-17-31(18-22-33)38-25-36-10-2-7-15-44(36)49-29-38)51-48(52-47)34-23-19-32(20-24-34)39-26-37-11-3-8-16-45(37)50-30-39/h1-30H. The van der Waals surface area contributed by atoms with E-state index in [9.17, 15) is 0 Å². The number of pyridine rings is 2. The van der Waals surface area contributed by atoms with Crippen molar-refractivity contribution in [3.63, 3.8) is 0 Å². The van der Waals surface area contributed by atoms with Gasteiger partial charge >= 0.3 is 0 Å². The maximum absolute atomic E-state index is 5.26. The number of aromatic nitrogens is 4. The fraction of sp³-hybridized carbons (Fsp3) is 0. The third-order valence-corrected chi connectivity index (χ3v) is 9.94. The molecule has 0 bridgehead atoms.